The summed E-state index contributed by atoms with van der Waals surface area (Å²) in [6.45, 7) is 0.321. The van der Waals surface area contributed by atoms with Crippen LogP contribution < -0.4 is 10.1 Å². The normalized spacial score (nSPS) is 17.5. The third kappa shape index (κ3) is 4.62. The largest absolute Gasteiger partial charge is 0.453 e. The highest BCUT2D eigenvalue weighted by Crippen LogP contribution is 2.32. The number of ketones is 1. The number of nitriles is 1. The van der Waals surface area contributed by atoms with Crippen LogP contribution in [-0.2, 0) is 4.74 Å². The molecule has 0 spiro atoms. The van der Waals surface area contributed by atoms with Gasteiger partial charge in [-0.3, -0.25) is 4.79 Å². The van der Waals surface area contributed by atoms with Crippen LogP contribution in [0.15, 0.2) is 55.0 Å². The number of ether oxygens (including phenoxy) is 2. The fourth-order valence-electron chi connectivity index (χ4n) is 4.14. The van der Waals surface area contributed by atoms with Crippen molar-refractivity contribution in [3.63, 3.8) is 0 Å². The van der Waals surface area contributed by atoms with Gasteiger partial charge in [-0.05, 0) is 37.1 Å². The van der Waals surface area contributed by atoms with Gasteiger partial charge >= 0.3 is 0 Å². The first-order chi connectivity index (χ1) is 17.6. The molecule has 0 saturated carbocycles. The molecule has 3 N–H and O–H groups in total. The van der Waals surface area contributed by atoms with E-state index in [1.54, 1.807) is 12.1 Å². The zero-order chi connectivity index (χ0) is 25.1. The Bertz CT molecular complexity index is 1440. The fraction of sp³-hybridized carbons (Fsp3) is 0.231. The lowest BCUT2D eigenvalue weighted by Crippen LogP contribution is -2.36. The number of nitrogens with zero attached hydrogens (tertiary/aromatic N) is 3. The highest BCUT2D eigenvalue weighted by atomic mass is 19.1. The number of anilines is 1. The summed E-state index contributed by atoms with van der Waals surface area (Å²) in [6, 6.07) is 11.1. The minimum absolute atomic E-state index is 0.0384. The molecule has 0 amide bonds. The lowest BCUT2D eigenvalue weighted by Gasteiger charge is -2.29. The Hall–Kier alpha value is -4.33. The maximum Gasteiger partial charge on any atom is 0.213 e. The molecule has 3 aromatic heterocycles. The average molecular weight is 487 g/mol. The van der Waals surface area contributed by atoms with E-state index in [4.69, 9.17) is 9.47 Å². The smallest absolute Gasteiger partial charge is 0.213 e. The number of pyridine rings is 2. The van der Waals surface area contributed by atoms with Crippen molar-refractivity contribution in [3.05, 3.63) is 77.6 Å². The van der Waals surface area contributed by atoms with Crippen molar-refractivity contribution in [2.45, 2.75) is 25.0 Å². The van der Waals surface area contributed by atoms with Crippen molar-refractivity contribution in [2.24, 2.45) is 0 Å². The van der Waals surface area contributed by atoms with Crippen LogP contribution in [0.3, 0.4) is 0 Å². The zero-order valence-corrected chi connectivity index (χ0v) is 19.1. The number of aromatic amines is 1. The van der Waals surface area contributed by atoms with E-state index >= 15 is 0 Å². The second-order valence-corrected chi connectivity index (χ2v) is 8.38. The second kappa shape index (κ2) is 10.1. The van der Waals surface area contributed by atoms with Crippen LogP contribution in [-0.4, -0.2) is 51.2 Å². The van der Waals surface area contributed by atoms with Crippen molar-refractivity contribution >= 4 is 22.5 Å². The van der Waals surface area contributed by atoms with E-state index in [1.165, 1.54) is 42.9 Å². The van der Waals surface area contributed by atoms with Gasteiger partial charge in [-0.1, -0.05) is 12.1 Å². The number of benzene rings is 1. The molecule has 1 saturated heterocycles. The van der Waals surface area contributed by atoms with Gasteiger partial charge in [-0.2, -0.15) is 5.26 Å². The predicted molar refractivity (Wildman–Crippen MR) is 128 cm³/mol. The highest BCUT2D eigenvalue weighted by molar-refractivity contribution is 6.18. The number of carbonyl (C=O) groups excluding carboxylic acids is 1. The first-order valence-corrected chi connectivity index (χ1v) is 11.4. The number of carbonyl (C=O) groups is 1. The van der Waals surface area contributed by atoms with E-state index in [1.807, 2.05) is 0 Å². The zero-order valence-electron chi connectivity index (χ0n) is 19.1. The van der Waals surface area contributed by atoms with Gasteiger partial charge in [-0.15, -0.1) is 0 Å². The summed E-state index contributed by atoms with van der Waals surface area (Å²) in [6.07, 6.45) is 5.55. The molecule has 1 fully saturated rings. The van der Waals surface area contributed by atoms with Gasteiger partial charge in [-0.25, -0.2) is 14.4 Å². The number of hydrogen-bond acceptors (Lipinski definition) is 8. The van der Waals surface area contributed by atoms with E-state index in [0.29, 0.717) is 40.9 Å². The van der Waals surface area contributed by atoms with E-state index in [9.17, 15) is 19.6 Å². The number of halogens is 1. The van der Waals surface area contributed by atoms with Crippen molar-refractivity contribution < 1.29 is 23.8 Å². The van der Waals surface area contributed by atoms with Crippen molar-refractivity contribution in [3.8, 4) is 17.6 Å². The van der Waals surface area contributed by atoms with Crippen molar-refractivity contribution in [1.82, 2.24) is 15.0 Å². The van der Waals surface area contributed by atoms with Crippen LogP contribution in [0, 0.1) is 17.1 Å². The van der Waals surface area contributed by atoms with Crippen molar-refractivity contribution in [1.29, 1.82) is 5.26 Å². The number of aliphatic hydroxyl groups excluding tert-OH is 1. The van der Waals surface area contributed by atoms with Gasteiger partial charge in [0.05, 0.1) is 47.7 Å². The Balaban J connectivity index is 1.43. The van der Waals surface area contributed by atoms with Gasteiger partial charge in [0.2, 0.25) is 5.78 Å². The number of hydrogen-bond donors (Lipinski definition) is 3. The monoisotopic (exact) mass is 487 g/mol. The Morgan fingerprint density at radius 1 is 1.25 bits per heavy atom. The van der Waals surface area contributed by atoms with E-state index in [2.05, 4.69) is 26.3 Å². The highest BCUT2D eigenvalue weighted by Gasteiger charge is 2.25. The minimum atomic E-state index is -0.507. The number of nitrogens with one attached hydrogen (secondary N) is 2. The van der Waals surface area contributed by atoms with Crippen LogP contribution in [0.1, 0.15) is 34.5 Å². The van der Waals surface area contributed by atoms with E-state index in [-0.39, 0.29) is 41.7 Å². The molecule has 4 aromatic rings. The Morgan fingerprint density at radius 3 is 2.81 bits per heavy atom. The molecule has 9 nitrogen and oxygen atoms in total. The Morgan fingerprint density at radius 2 is 2.11 bits per heavy atom. The van der Waals surface area contributed by atoms with Gasteiger partial charge in [0, 0.05) is 18.4 Å². The molecule has 1 aliphatic heterocycles. The second-order valence-electron chi connectivity index (χ2n) is 8.38. The van der Waals surface area contributed by atoms with Gasteiger partial charge < -0.3 is 24.9 Å². The van der Waals surface area contributed by atoms with Gasteiger partial charge in [0.25, 0.3) is 0 Å². The molecular formula is C26H22FN5O4. The first-order valence-electron chi connectivity index (χ1n) is 11.4. The van der Waals surface area contributed by atoms with Crippen LogP contribution in [0.25, 0.3) is 11.0 Å². The van der Waals surface area contributed by atoms with Crippen molar-refractivity contribution in [2.75, 3.05) is 18.5 Å². The summed E-state index contributed by atoms with van der Waals surface area (Å²) in [4.78, 5) is 24.9. The molecule has 0 aliphatic carbocycles. The molecule has 36 heavy (non-hydrogen) atoms. The minimum Gasteiger partial charge on any atom is -0.453 e. The van der Waals surface area contributed by atoms with Gasteiger partial charge in [0.15, 0.2) is 11.6 Å². The van der Waals surface area contributed by atoms with Crippen LogP contribution >= 0.6 is 0 Å². The number of rotatable bonds is 7. The molecule has 5 rings (SSSR count). The Kier molecular flexibility index (Phi) is 6.58. The molecule has 10 heteroatoms. The quantitative estimate of drug-likeness (QED) is 0.334. The number of fused-ring (bicyclic) bond motifs is 1. The summed E-state index contributed by atoms with van der Waals surface area (Å²) >= 11 is 0. The number of aromatic nitrogens is 3. The summed E-state index contributed by atoms with van der Waals surface area (Å²) < 4.78 is 25.0. The summed E-state index contributed by atoms with van der Waals surface area (Å²) in [5, 5.41) is 22.8. The Labute approximate surface area is 205 Å². The molecule has 182 valence electrons. The molecule has 1 aromatic carbocycles. The van der Waals surface area contributed by atoms with Crippen LogP contribution in [0.2, 0.25) is 0 Å². The predicted octanol–water partition coefficient (Wildman–Crippen LogP) is 3.94. The van der Waals surface area contributed by atoms with Crippen LogP contribution in [0.4, 0.5) is 10.1 Å². The molecule has 1 aliphatic rings. The SMILES string of the molecule is N#Cc1cnc2[nH]cc(C(=O)c3ccc(Oc4ccccc4F)cn3)c2c1N[C@@H]1CC[C@@H](CO)OC1. The maximum atomic E-state index is 13.9. The third-order valence-corrected chi connectivity index (χ3v) is 6.02. The standard InChI is InChI=1S/C26H22FN5O4/c27-20-3-1-2-4-22(20)36-17-7-8-21(29-11-17)25(34)19-12-31-26-23(19)24(15(9-28)10-30-26)32-16-5-6-18(13-33)35-14-16/h1-4,7-8,10-12,16,18,33H,5-6,13-14H2,(H2,30,31,32)/t16-,18+/m1/s1. The molecule has 2 atom stereocenters. The van der Waals surface area contributed by atoms with E-state index < -0.39 is 5.82 Å². The van der Waals surface area contributed by atoms with Gasteiger partial charge in [0.1, 0.15) is 23.2 Å². The fourth-order valence-corrected chi connectivity index (χ4v) is 4.14. The topological polar surface area (TPSA) is 133 Å². The van der Waals surface area contributed by atoms with Crippen LogP contribution in [0.5, 0.6) is 11.5 Å². The summed E-state index contributed by atoms with van der Waals surface area (Å²) in [5.41, 5.74) is 1.68. The first kappa shape index (κ1) is 23.4. The maximum absolute atomic E-state index is 13.9. The number of para-hydroxylation sites is 1. The molecule has 0 unspecified atom stereocenters. The molecule has 0 radical (unpaired) electrons. The lowest BCUT2D eigenvalue weighted by atomic mass is 10.0. The van der Waals surface area contributed by atoms with E-state index in [0.717, 1.165) is 6.42 Å². The lowest BCUT2D eigenvalue weighted by molar-refractivity contribution is -0.0223. The number of H-pyrrole nitrogens is 1. The third-order valence-electron chi connectivity index (χ3n) is 6.02. The summed E-state index contributed by atoms with van der Waals surface area (Å²) in [7, 11) is 0. The molecular weight excluding hydrogens is 465 g/mol. The molecule has 4 heterocycles. The number of aliphatic hydroxyl groups is 1. The average Bonchev–Trinajstić information content (AvgIpc) is 3.35. The summed E-state index contributed by atoms with van der Waals surface area (Å²) in [5.74, 6) is -0.547. The molecule has 0 bridgehead atoms.